The van der Waals surface area contributed by atoms with Crippen molar-refractivity contribution in [1.29, 1.82) is 0 Å². The molecule has 0 spiro atoms. The van der Waals surface area contributed by atoms with Gasteiger partial charge < -0.3 is 19.8 Å². The lowest BCUT2D eigenvalue weighted by Crippen LogP contribution is -2.21. The molecule has 0 aliphatic rings. The minimum absolute atomic E-state index is 0.384. The van der Waals surface area contributed by atoms with Crippen molar-refractivity contribution in [3.63, 3.8) is 0 Å². The highest BCUT2D eigenvalue weighted by Gasteiger charge is 2.06. The van der Waals surface area contributed by atoms with Gasteiger partial charge in [-0.15, -0.1) is 5.10 Å². The Bertz CT molecular complexity index is 539. The van der Waals surface area contributed by atoms with Gasteiger partial charge in [0.15, 0.2) is 0 Å². The molecule has 108 valence electrons. The number of benzene rings is 1. The lowest BCUT2D eigenvalue weighted by molar-refractivity contribution is 0.414. The molecule has 0 atom stereocenters. The highest BCUT2D eigenvalue weighted by Crippen LogP contribution is 2.14. The summed E-state index contributed by atoms with van der Waals surface area (Å²) in [5.41, 5.74) is 1.09. The molecular weight excluding hydrogens is 256 g/mol. The molecule has 0 aliphatic heterocycles. The highest BCUT2D eigenvalue weighted by molar-refractivity contribution is 5.31. The molecule has 0 saturated carbocycles. The largest absolute Gasteiger partial charge is 0.497 e. The third-order valence-electron chi connectivity index (χ3n) is 2.71. The molecular formula is C14H20N4O2. The molecule has 0 fully saturated rings. The second-order valence-corrected chi connectivity index (χ2v) is 4.74. The van der Waals surface area contributed by atoms with Crippen LogP contribution in [0.1, 0.15) is 25.3 Å². The van der Waals surface area contributed by atoms with Gasteiger partial charge in [-0.2, -0.15) is 0 Å². The summed E-state index contributed by atoms with van der Waals surface area (Å²) in [6.45, 7) is 5.32. The second kappa shape index (κ2) is 6.91. The van der Waals surface area contributed by atoms with Gasteiger partial charge in [0, 0.05) is 12.6 Å². The average molecular weight is 276 g/mol. The first-order valence-electron chi connectivity index (χ1n) is 6.60. The van der Waals surface area contributed by atoms with Crippen LogP contribution in [0, 0.1) is 0 Å². The van der Waals surface area contributed by atoms with Gasteiger partial charge in [-0.05, 0) is 17.7 Å². The van der Waals surface area contributed by atoms with Crippen LogP contribution in [0.25, 0.3) is 0 Å². The van der Waals surface area contributed by atoms with Crippen molar-refractivity contribution in [2.24, 2.45) is 0 Å². The van der Waals surface area contributed by atoms with E-state index in [-0.39, 0.29) is 0 Å². The summed E-state index contributed by atoms with van der Waals surface area (Å²) in [6.07, 6.45) is 0. The lowest BCUT2D eigenvalue weighted by atomic mass is 10.2. The standard InChI is InChI=1S/C14H20N4O2/c1-10(2)15-9-13-17-18-14(20-13)16-8-11-5-4-6-12(7-11)19-3/h4-7,10,15H,8-9H2,1-3H3,(H,16,18). The van der Waals surface area contributed by atoms with Gasteiger partial charge in [-0.25, -0.2) is 0 Å². The molecule has 6 heteroatoms. The third kappa shape index (κ3) is 4.24. The lowest BCUT2D eigenvalue weighted by Gasteiger charge is -2.05. The van der Waals surface area contributed by atoms with Crippen LogP contribution in [-0.2, 0) is 13.1 Å². The Morgan fingerprint density at radius 2 is 2.10 bits per heavy atom. The molecule has 0 unspecified atom stereocenters. The fraction of sp³-hybridized carbons (Fsp3) is 0.429. The zero-order chi connectivity index (χ0) is 14.4. The molecule has 0 radical (unpaired) electrons. The summed E-state index contributed by atoms with van der Waals surface area (Å²) < 4.78 is 10.7. The smallest absolute Gasteiger partial charge is 0.315 e. The Kier molecular flexibility index (Phi) is 4.95. The number of ether oxygens (including phenoxy) is 1. The quantitative estimate of drug-likeness (QED) is 0.807. The van der Waals surface area contributed by atoms with E-state index >= 15 is 0 Å². The number of methoxy groups -OCH3 is 1. The van der Waals surface area contributed by atoms with Crippen molar-refractivity contribution in [3.8, 4) is 5.75 Å². The number of nitrogens with zero attached hydrogens (tertiary/aromatic N) is 2. The Morgan fingerprint density at radius 3 is 2.85 bits per heavy atom. The fourth-order valence-corrected chi connectivity index (χ4v) is 1.65. The second-order valence-electron chi connectivity index (χ2n) is 4.74. The molecule has 20 heavy (non-hydrogen) atoms. The molecule has 2 N–H and O–H groups in total. The number of hydrogen-bond acceptors (Lipinski definition) is 6. The van der Waals surface area contributed by atoms with Gasteiger partial charge in [0.05, 0.1) is 13.7 Å². The number of hydrogen-bond donors (Lipinski definition) is 2. The molecule has 6 nitrogen and oxygen atoms in total. The van der Waals surface area contributed by atoms with E-state index in [0.717, 1.165) is 11.3 Å². The van der Waals surface area contributed by atoms with E-state index < -0.39 is 0 Å². The fourth-order valence-electron chi connectivity index (χ4n) is 1.65. The van der Waals surface area contributed by atoms with Crippen LogP contribution in [0.3, 0.4) is 0 Å². The SMILES string of the molecule is COc1cccc(CNc2nnc(CNC(C)C)o2)c1. The molecule has 0 aliphatic carbocycles. The summed E-state index contributed by atoms with van der Waals surface area (Å²) in [5.74, 6) is 1.41. The maximum Gasteiger partial charge on any atom is 0.315 e. The van der Waals surface area contributed by atoms with Crippen molar-refractivity contribution in [3.05, 3.63) is 35.7 Å². The number of rotatable bonds is 7. The Labute approximate surface area is 118 Å². The molecule has 1 heterocycles. The van der Waals surface area contributed by atoms with Crippen LogP contribution < -0.4 is 15.4 Å². The molecule has 2 aromatic rings. The number of anilines is 1. The van der Waals surface area contributed by atoms with Gasteiger partial charge in [-0.3, -0.25) is 0 Å². The highest BCUT2D eigenvalue weighted by atomic mass is 16.5. The van der Waals surface area contributed by atoms with Crippen LogP contribution in [0.2, 0.25) is 0 Å². The number of nitrogens with one attached hydrogen (secondary N) is 2. The van der Waals surface area contributed by atoms with Gasteiger partial charge in [0.25, 0.3) is 0 Å². The first kappa shape index (κ1) is 14.3. The normalized spacial score (nSPS) is 10.8. The Hall–Kier alpha value is -2.08. The van der Waals surface area contributed by atoms with Crippen molar-refractivity contribution >= 4 is 6.01 Å². The molecule has 1 aromatic heterocycles. The van der Waals surface area contributed by atoms with E-state index in [1.54, 1.807) is 7.11 Å². The van der Waals surface area contributed by atoms with E-state index in [0.29, 0.717) is 31.0 Å². The van der Waals surface area contributed by atoms with Crippen LogP contribution in [-0.4, -0.2) is 23.3 Å². The van der Waals surface area contributed by atoms with Crippen LogP contribution in [0.15, 0.2) is 28.7 Å². The van der Waals surface area contributed by atoms with Gasteiger partial charge >= 0.3 is 6.01 Å². The molecule has 0 saturated heterocycles. The molecule has 0 amide bonds. The third-order valence-corrected chi connectivity index (χ3v) is 2.71. The van der Waals surface area contributed by atoms with E-state index in [2.05, 4.69) is 34.7 Å². The predicted octanol–water partition coefficient (Wildman–Crippen LogP) is 2.19. The summed E-state index contributed by atoms with van der Waals surface area (Å²) in [4.78, 5) is 0. The first-order valence-corrected chi connectivity index (χ1v) is 6.60. The van der Waals surface area contributed by atoms with Gasteiger partial charge in [-0.1, -0.05) is 31.1 Å². The minimum atomic E-state index is 0.384. The zero-order valence-corrected chi connectivity index (χ0v) is 12.0. The average Bonchev–Trinajstić information content (AvgIpc) is 2.91. The maximum atomic E-state index is 5.49. The topological polar surface area (TPSA) is 72.2 Å². The summed E-state index contributed by atoms with van der Waals surface area (Å²) in [6, 6.07) is 8.63. The predicted molar refractivity (Wildman–Crippen MR) is 76.6 cm³/mol. The van der Waals surface area contributed by atoms with Gasteiger partial charge in [0.1, 0.15) is 5.75 Å². The number of aromatic nitrogens is 2. The van der Waals surface area contributed by atoms with E-state index in [1.165, 1.54) is 0 Å². The molecule has 0 bridgehead atoms. The van der Waals surface area contributed by atoms with Crippen LogP contribution in [0.4, 0.5) is 6.01 Å². The van der Waals surface area contributed by atoms with Gasteiger partial charge in [0.2, 0.25) is 5.89 Å². The van der Waals surface area contributed by atoms with Crippen molar-refractivity contribution in [2.45, 2.75) is 33.0 Å². The van der Waals surface area contributed by atoms with E-state index in [4.69, 9.17) is 9.15 Å². The summed E-state index contributed by atoms with van der Waals surface area (Å²) >= 11 is 0. The first-order chi connectivity index (χ1) is 9.67. The van der Waals surface area contributed by atoms with E-state index in [1.807, 2.05) is 24.3 Å². The maximum absolute atomic E-state index is 5.49. The van der Waals surface area contributed by atoms with Crippen molar-refractivity contribution in [1.82, 2.24) is 15.5 Å². The zero-order valence-electron chi connectivity index (χ0n) is 12.0. The summed E-state index contributed by atoms with van der Waals surface area (Å²) in [7, 11) is 1.65. The summed E-state index contributed by atoms with van der Waals surface area (Å²) in [5, 5.41) is 14.2. The van der Waals surface area contributed by atoms with Crippen molar-refractivity contribution < 1.29 is 9.15 Å². The Morgan fingerprint density at radius 1 is 1.25 bits per heavy atom. The molecule has 1 aromatic carbocycles. The monoisotopic (exact) mass is 276 g/mol. The Balaban J connectivity index is 1.87. The van der Waals surface area contributed by atoms with Crippen LogP contribution in [0.5, 0.6) is 5.75 Å². The van der Waals surface area contributed by atoms with E-state index in [9.17, 15) is 0 Å². The minimum Gasteiger partial charge on any atom is -0.497 e. The van der Waals surface area contributed by atoms with Crippen molar-refractivity contribution in [2.75, 3.05) is 12.4 Å². The molecule has 2 rings (SSSR count). The van der Waals surface area contributed by atoms with Crippen LogP contribution >= 0.6 is 0 Å².